The molecule has 0 unspecified atom stereocenters. The van der Waals surface area contributed by atoms with E-state index >= 15 is 0 Å². The number of carbonyl (C=O) groups excluding carboxylic acids is 2. The van der Waals surface area contributed by atoms with Gasteiger partial charge >= 0.3 is 0 Å². The molecule has 2 N–H and O–H groups in total. The fourth-order valence-electron chi connectivity index (χ4n) is 10.9. The second-order valence-electron chi connectivity index (χ2n) is 15.8. The Morgan fingerprint density at radius 1 is 0.977 bits per heavy atom. The number of benzene rings is 1. The summed E-state index contributed by atoms with van der Waals surface area (Å²) in [5, 5.41) is 4.97. The van der Waals surface area contributed by atoms with Crippen LogP contribution in [0.1, 0.15) is 107 Å². The van der Waals surface area contributed by atoms with Crippen LogP contribution in [-0.2, 0) is 16.1 Å². The molecule has 6 fully saturated rings. The second kappa shape index (κ2) is 9.74. The maximum Gasteiger partial charge on any atom is 0.246 e. The van der Waals surface area contributed by atoms with E-state index in [9.17, 15) is 9.59 Å². The molecule has 9 rings (SSSR count). The SMILES string of the molecule is Cc1[nH]c2ccccc2c1[C@@H]1[C@@H](CC(=O)N(Cc2ccco2)C2(C(=O)NC34CC5CC(CC(C5)C3)C4)CCCC2)C1(C)C. The summed E-state index contributed by atoms with van der Waals surface area (Å²) < 4.78 is 5.81. The van der Waals surface area contributed by atoms with Crippen LogP contribution in [-0.4, -0.2) is 32.8 Å². The van der Waals surface area contributed by atoms with E-state index in [4.69, 9.17) is 4.42 Å². The summed E-state index contributed by atoms with van der Waals surface area (Å²) in [7, 11) is 0. The average Bonchev–Trinajstić information content (AvgIpc) is 3.53. The number of hydrogen-bond acceptors (Lipinski definition) is 3. The van der Waals surface area contributed by atoms with Gasteiger partial charge < -0.3 is 19.6 Å². The Hall–Kier alpha value is -3.02. The minimum Gasteiger partial charge on any atom is -0.467 e. The number of nitrogens with zero attached hydrogens (tertiary/aromatic N) is 1. The number of para-hydroxylation sites is 1. The van der Waals surface area contributed by atoms with Crippen LogP contribution in [0.25, 0.3) is 10.9 Å². The van der Waals surface area contributed by atoms with Gasteiger partial charge in [-0.2, -0.15) is 0 Å². The zero-order chi connectivity index (χ0) is 29.6. The minimum atomic E-state index is -0.807. The van der Waals surface area contributed by atoms with E-state index in [0.29, 0.717) is 18.9 Å². The van der Waals surface area contributed by atoms with Crippen LogP contribution in [0.5, 0.6) is 0 Å². The number of carbonyl (C=O) groups is 2. The average molecular weight is 582 g/mol. The zero-order valence-corrected chi connectivity index (χ0v) is 26.1. The Kier molecular flexibility index (Phi) is 6.23. The first-order valence-electron chi connectivity index (χ1n) is 16.9. The van der Waals surface area contributed by atoms with Crippen LogP contribution in [0, 0.1) is 36.0 Å². The lowest BCUT2D eigenvalue weighted by Gasteiger charge is -2.57. The van der Waals surface area contributed by atoms with E-state index in [0.717, 1.165) is 74.0 Å². The van der Waals surface area contributed by atoms with Crippen molar-refractivity contribution in [2.75, 3.05) is 0 Å². The van der Waals surface area contributed by atoms with Gasteiger partial charge in [0.2, 0.25) is 11.8 Å². The van der Waals surface area contributed by atoms with E-state index in [1.54, 1.807) is 6.26 Å². The van der Waals surface area contributed by atoms with Gasteiger partial charge in [-0.15, -0.1) is 0 Å². The quantitative estimate of drug-likeness (QED) is 0.287. The topological polar surface area (TPSA) is 78.3 Å². The lowest BCUT2D eigenvalue weighted by Crippen LogP contribution is -2.66. The molecule has 0 saturated heterocycles. The van der Waals surface area contributed by atoms with E-state index in [2.05, 4.69) is 55.3 Å². The van der Waals surface area contributed by atoms with Crippen molar-refractivity contribution in [3.05, 3.63) is 59.7 Å². The van der Waals surface area contributed by atoms with E-state index in [1.165, 1.54) is 35.9 Å². The fraction of sp³-hybridized carbons (Fsp3) is 0.622. The number of nitrogens with one attached hydrogen (secondary N) is 2. The molecule has 2 heterocycles. The zero-order valence-electron chi connectivity index (χ0n) is 26.1. The minimum absolute atomic E-state index is 0.00598. The van der Waals surface area contributed by atoms with E-state index in [1.807, 2.05) is 17.0 Å². The molecule has 2 amide bonds. The summed E-state index contributed by atoms with van der Waals surface area (Å²) in [6, 6.07) is 12.3. The van der Waals surface area contributed by atoms with Crippen molar-refractivity contribution in [2.45, 2.75) is 115 Å². The highest BCUT2D eigenvalue weighted by Gasteiger charge is 2.61. The molecule has 6 heteroatoms. The number of rotatable bonds is 8. The van der Waals surface area contributed by atoms with Crippen LogP contribution in [0.15, 0.2) is 47.1 Å². The summed E-state index contributed by atoms with van der Waals surface area (Å²) in [4.78, 5) is 34.8. The number of furan rings is 1. The monoisotopic (exact) mass is 581 g/mol. The molecule has 6 aliphatic carbocycles. The molecule has 0 spiro atoms. The predicted molar refractivity (Wildman–Crippen MR) is 167 cm³/mol. The number of aromatic nitrogens is 1. The van der Waals surface area contributed by atoms with Crippen molar-refractivity contribution < 1.29 is 14.0 Å². The first kappa shape index (κ1) is 27.5. The molecule has 0 radical (unpaired) electrons. The van der Waals surface area contributed by atoms with Crippen molar-refractivity contribution in [3.8, 4) is 0 Å². The molecule has 1 aromatic carbocycles. The smallest absolute Gasteiger partial charge is 0.246 e. The Morgan fingerprint density at radius 3 is 2.30 bits per heavy atom. The van der Waals surface area contributed by atoms with Gasteiger partial charge in [0.1, 0.15) is 11.3 Å². The van der Waals surface area contributed by atoms with Gasteiger partial charge in [-0.25, -0.2) is 0 Å². The number of amides is 2. The molecule has 6 saturated carbocycles. The molecule has 0 aliphatic heterocycles. The third kappa shape index (κ3) is 4.41. The maximum absolute atomic E-state index is 14.7. The fourth-order valence-corrected chi connectivity index (χ4v) is 10.9. The van der Waals surface area contributed by atoms with Crippen molar-refractivity contribution in [3.63, 3.8) is 0 Å². The molecule has 3 aromatic rings. The molecule has 2 atom stereocenters. The van der Waals surface area contributed by atoms with Crippen molar-refractivity contribution in [1.82, 2.24) is 15.2 Å². The van der Waals surface area contributed by atoms with E-state index < -0.39 is 5.54 Å². The number of fused-ring (bicyclic) bond motifs is 1. The lowest BCUT2D eigenvalue weighted by atomic mass is 9.53. The summed E-state index contributed by atoms with van der Waals surface area (Å²) in [5.41, 5.74) is 2.84. The Labute approximate surface area is 255 Å². The summed E-state index contributed by atoms with van der Waals surface area (Å²) in [6.45, 7) is 7.12. The lowest BCUT2D eigenvalue weighted by molar-refractivity contribution is -0.152. The molecule has 4 bridgehead atoms. The van der Waals surface area contributed by atoms with Crippen molar-refractivity contribution >= 4 is 22.7 Å². The van der Waals surface area contributed by atoms with Gasteiger partial charge in [0.05, 0.1) is 12.8 Å². The number of hydrogen-bond donors (Lipinski definition) is 2. The van der Waals surface area contributed by atoms with Gasteiger partial charge in [-0.1, -0.05) is 44.9 Å². The molecule has 6 nitrogen and oxygen atoms in total. The molecule has 6 aliphatic rings. The van der Waals surface area contributed by atoms with Gasteiger partial charge in [-0.3, -0.25) is 9.59 Å². The second-order valence-corrected chi connectivity index (χ2v) is 15.8. The van der Waals surface area contributed by atoms with Gasteiger partial charge in [-0.05, 0) is 117 Å². The van der Waals surface area contributed by atoms with Gasteiger partial charge in [0.15, 0.2) is 0 Å². The number of H-pyrrole nitrogens is 1. The first-order valence-corrected chi connectivity index (χ1v) is 16.9. The number of aromatic amines is 1. The van der Waals surface area contributed by atoms with Crippen molar-refractivity contribution in [2.24, 2.45) is 29.1 Å². The highest BCUT2D eigenvalue weighted by atomic mass is 16.3. The highest BCUT2D eigenvalue weighted by Crippen LogP contribution is 2.67. The molecule has 43 heavy (non-hydrogen) atoms. The normalized spacial score (nSPS) is 33.1. The molecule has 2 aromatic heterocycles. The summed E-state index contributed by atoms with van der Waals surface area (Å²) >= 11 is 0. The third-order valence-corrected chi connectivity index (χ3v) is 12.7. The molecular formula is C37H47N3O3. The third-order valence-electron chi connectivity index (χ3n) is 12.7. The van der Waals surface area contributed by atoms with Gasteiger partial charge in [0.25, 0.3) is 0 Å². The van der Waals surface area contributed by atoms with Crippen LogP contribution in [0.4, 0.5) is 0 Å². The Morgan fingerprint density at radius 2 is 1.65 bits per heavy atom. The van der Waals surface area contributed by atoms with Crippen LogP contribution >= 0.6 is 0 Å². The Balaban J connectivity index is 1.09. The van der Waals surface area contributed by atoms with E-state index in [-0.39, 0.29) is 28.7 Å². The van der Waals surface area contributed by atoms with Crippen molar-refractivity contribution in [1.29, 1.82) is 0 Å². The summed E-state index contributed by atoms with van der Waals surface area (Å²) in [5.74, 6) is 3.75. The Bertz CT molecular complexity index is 1510. The summed E-state index contributed by atoms with van der Waals surface area (Å²) in [6.07, 6.45) is 12.9. The molecular weight excluding hydrogens is 534 g/mol. The highest BCUT2D eigenvalue weighted by molar-refractivity contribution is 5.93. The standard InChI is InChI=1S/C37H47N3O3/c1-23-32(28-10-4-5-11-30(28)38-23)33-29(35(33,2)3)18-31(41)40(22-27-9-8-14-43-27)37(12-6-7-13-37)34(42)39-36-19-24-15-25(20-36)17-26(16-24)21-36/h4-5,8-11,14,24-26,29,33,38H,6-7,12-13,15-22H2,1-3H3,(H,39,42)/t24?,25?,26?,29-,33+,36?/m1/s1. The van der Waals surface area contributed by atoms with Crippen LogP contribution in [0.3, 0.4) is 0 Å². The maximum atomic E-state index is 14.7. The first-order chi connectivity index (χ1) is 20.7. The molecule has 228 valence electrons. The van der Waals surface area contributed by atoms with Crippen LogP contribution < -0.4 is 5.32 Å². The predicted octanol–water partition coefficient (Wildman–Crippen LogP) is 7.63. The van der Waals surface area contributed by atoms with Crippen LogP contribution in [0.2, 0.25) is 0 Å². The number of aryl methyl sites for hydroxylation is 1. The van der Waals surface area contributed by atoms with Gasteiger partial charge in [0, 0.05) is 28.6 Å². The largest absolute Gasteiger partial charge is 0.467 e.